The highest BCUT2D eigenvalue weighted by Gasteiger charge is 2.21. The molecule has 0 radical (unpaired) electrons. The van der Waals surface area contributed by atoms with Crippen molar-refractivity contribution in [2.75, 3.05) is 7.05 Å². The number of benzene rings is 2. The number of sulfonamides is 1. The fourth-order valence-corrected chi connectivity index (χ4v) is 3.36. The first-order valence-electron chi connectivity index (χ1n) is 6.99. The van der Waals surface area contributed by atoms with Gasteiger partial charge in [-0.1, -0.05) is 18.2 Å². The Morgan fingerprint density at radius 2 is 1.65 bits per heavy atom. The van der Waals surface area contributed by atoms with Crippen LogP contribution in [0.25, 0.3) is 0 Å². The van der Waals surface area contributed by atoms with Gasteiger partial charge in [0.2, 0.25) is 10.0 Å². The van der Waals surface area contributed by atoms with Crippen LogP contribution in [0.4, 0.5) is 5.69 Å². The van der Waals surface area contributed by atoms with Crippen LogP contribution in [-0.2, 0) is 16.6 Å². The van der Waals surface area contributed by atoms with Crippen molar-refractivity contribution in [3.05, 3.63) is 69.3 Å². The van der Waals surface area contributed by atoms with Crippen LogP contribution >= 0.6 is 0 Å². The lowest BCUT2D eigenvalue weighted by molar-refractivity contribution is -0.384. The van der Waals surface area contributed by atoms with Crippen molar-refractivity contribution in [3.8, 4) is 0 Å². The number of nitrogens with zero attached hydrogens (tertiary/aromatic N) is 2. The summed E-state index contributed by atoms with van der Waals surface area (Å²) in [4.78, 5) is 10.4. The summed E-state index contributed by atoms with van der Waals surface area (Å²) in [6.45, 7) is 3.93. The third kappa shape index (κ3) is 3.75. The largest absolute Gasteiger partial charge is 0.269 e. The van der Waals surface area contributed by atoms with Gasteiger partial charge in [0.25, 0.3) is 5.69 Å². The van der Waals surface area contributed by atoms with Crippen LogP contribution < -0.4 is 0 Å². The van der Waals surface area contributed by atoms with Gasteiger partial charge >= 0.3 is 0 Å². The molecule has 0 spiro atoms. The molecule has 2 aromatic carbocycles. The van der Waals surface area contributed by atoms with E-state index >= 15 is 0 Å². The molecular weight excluding hydrogens is 316 g/mol. The average Bonchev–Trinajstić information content (AvgIpc) is 2.50. The van der Waals surface area contributed by atoms with Crippen LogP contribution in [0.1, 0.15) is 16.7 Å². The molecule has 0 amide bonds. The standard InChI is InChI=1S/C16H18N2O4S/c1-12-4-9-16(10-13(12)2)23(21,22)17(3)11-14-5-7-15(8-6-14)18(19)20/h4-10H,11H2,1-3H3. The highest BCUT2D eigenvalue weighted by atomic mass is 32.2. The predicted octanol–water partition coefficient (Wildman–Crippen LogP) is 3.03. The minimum Gasteiger partial charge on any atom is -0.258 e. The summed E-state index contributed by atoms with van der Waals surface area (Å²) in [6.07, 6.45) is 0. The Balaban J connectivity index is 2.22. The SMILES string of the molecule is Cc1ccc(S(=O)(=O)N(C)Cc2ccc([N+](=O)[O-])cc2)cc1C. The zero-order valence-corrected chi connectivity index (χ0v) is 14.0. The molecule has 6 nitrogen and oxygen atoms in total. The molecule has 2 rings (SSSR count). The summed E-state index contributed by atoms with van der Waals surface area (Å²) in [6, 6.07) is 10.9. The van der Waals surface area contributed by atoms with Crippen molar-refractivity contribution in [2.24, 2.45) is 0 Å². The molecule has 0 fully saturated rings. The van der Waals surface area contributed by atoms with Crippen molar-refractivity contribution in [1.82, 2.24) is 4.31 Å². The smallest absolute Gasteiger partial charge is 0.258 e. The normalized spacial score (nSPS) is 11.7. The molecule has 122 valence electrons. The summed E-state index contributed by atoms with van der Waals surface area (Å²) in [5, 5.41) is 10.6. The molecule has 0 unspecified atom stereocenters. The Morgan fingerprint density at radius 3 is 2.17 bits per heavy atom. The molecule has 0 saturated carbocycles. The first-order chi connectivity index (χ1) is 10.7. The van der Waals surface area contributed by atoms with Crippen molar-refractivity contribution in [3.63, 3.8) is 0 Å². The predicted molar refractivity (Wildman–Crippen MR) is 87.7 cm³/mol. The Bertz CT molecular complexity index is 830. The van der Waals surface area contributed by atoms with E-state index in [2.05, 4.69) is 0 Å². The lowest BCUT2D eigenvalue weighted by Gasteiger charge is -2.18. The van der Waals surface area contributed by atoms with Crippen molar-refractivity contribution in [1.29, 1.82) is 0 Å². The van der Waals surface area contributed by atoms with Gasteiger partial charge in [-0.25, -0.2) is 8.42 Å². The summed E-state index contributed by atoms with van der Waals surface area (Å²) in [5.41, 5.74) is 2.61. The van der Waals surface area contributed by atoms with E-state index in [1.54, 1.807) is 30.3 Å². The maximum absolute atomic E-state index is 12.6. The van der Waals surface area contributed by atoms with Crippen LogP contribution in [-0.4, -0.2) is 24.7 Å². The molecule has 0 aliphatic rings. The number of hydrogen-bond donors (Lipinski definition) is 0. The number of aryl methyl sites for hydroxylation is 2. The Hall–Kier alpha value is -2.25. The van der Waals surface area contributed by atoms with Crippen LogP contribution in [0.3, 0.4) is 0 Å². The second-order valence-electron chi connectivity index (χ2n) is 5.43. The van der Waals surface area contributed by atoms with E-state index in [9.17, 15) is 18.5 Å². The molecule has 0 saturated heterocycles. The van der Waals surface area contributed by atoms with Crippen molar-refractivity contribution in [2.45, 2.75) is 25.3 Å². The van der Waals surface area contributed by atoms with Gasteiger partial charge in [-0.05, 0) is 42.7 Å². The molecule has 7 heteroatoms. The highest BCUT2D eigenvalue weighted by molar-refractivity contribution is 7.89. The van der Waals surface area contributed by atoms with Crippen molar-refractivity contribution < 1.29 is 13.3 Å². The van der Waals surface area contributed by atoms with E-state index < -0.39 is 14.9 Å². The third-order valence-electron chi connectivity index (χ3n) is 3.74. The highest BCUT2D eigenvalue weighted by Crippen LogP contribution is 2.20. The molecular formula is C16H18N2O4S. The minimum atomic E-state index is -3.60. The Labute approximate surface area is 135 Å². The van der Waals surface area contributed by atoms with Gasteiger partial charge in [0.05, 0.1) is 9.82 Å². The molecule has 0 atom stereocenters. The zero-order chi connectivity index (χ0) is 17.2. The quantitative estimate of drug-likeness (QED) is 0.622. The van der Waals surface area contributed by atoms with E-state index in [4.69, 9.17) is 0 Å². The van der Waals surface area contributed by atoms with E-state index in [-0.39, 0.29) is 17.1 Å². The number of rotatable bonds is 5. The zero-order valence-electron chi connectivity index (χ0n) is 13.2. The summed E-state index contributed by atoms with van der Waals surface area (Å²) in [7, 11) is -2.11. The van der Waals surface area contributed by atoms with Gasteiger partial charge in [0, 0.05) is 25.7 Å². The number of non-ortho nitro benzene ring substituents is 1. The molecule has 0 heterocycles. The molecule has 0 aliphatic heterocycles. The average molecular weight is 334 g/mol. The minimum absolute atomic E-state index is 0.0200. The van der Waals surface area contributed by atoms with Gasteiger partial charge in [-0.15, -0.1) is 0 Å². The monoisotopic (exact) mass is 334 g/mol. The Morgan fingerprint density at radius 1 is 1.04 bits per heavy atom. The third-order valence-corrected chi connectivity index (χ3v) is 5.54. The lowest BCUT2D eigenvalue weighted by atomic mass is 10.1. The van der Waals surface area contributed by atoms with Crippen LogP contribution in [0.2, 0.25) is 0 Å². The van der Waals surface area contributed by atoms with Crippen LogP contribution in [0, 0.1) is 24.0 Å². The van der Waals surface area contributed by atoms with E-state index in [0.717, 1.165) is 11.1 Å². The van der Waals surface area contributed by atoms with Crippen LogP contribution in [0.15, 0.2) is 47.4 Å². The first-order valence-corrected chi connectivity index (χ1v) is 8.43. The molecule has 23 heavy (non-hydrogen) atoms. The molecule has 0 aliphatic carbocycles. The maximum atomic E-state index is 12.6. The first kappa shape index (κ1) is 17.1. The van der Waals surface area contributed by atoms with Gasteiger partial charge in [-0.3, -0.25) is 10.1 Å². The summed E-state index contributed by atoms with van der Waals surface area (Å²) in [5.74, 6) is 0. The van der Waals surface area contributed by atoms with Gasteiger partial charge in [0.1, 0.15) is 0 Å². The topological polar surface area (TPSA) is 80.5 Å². The number of hydrogen-bond acceptors (Lipinski definition) is 4. The van der Waals surface area contributed by atoms with Gasteiger partial charge < -0.3 is 0 Å². The molecule has 0 aromatic heterocycles. The molecule has 2 aromatic rings. The van der Waals surface area contributed by atoms with E-state index in [0.29, 0.717) is 5.56 Å². The van der Waals surface area contributed by atoms with Crippen LogP contribution in [0.5, 0.6) is 0 Å². The van der Waals surface area contributed by atoms with E-state index in [1.165, 1.54) is 23.5 Å². The Kier molecular flexibility index (Phi) is 4.82. The lowest BCUT2D eigenvalue weighted by Crippen LogP contribution is -2.26. The summed E-state index contributed by atoms with van der Waals surface area (Å²) >= 11 is 0. The molecule has 0 N–H and O–H groups in total. The number of nitro benzene ring substituents is 1. The maximum Gasteiger partial charge on any atom is 0.269 e. The van der Waals surface area contributed by atoms with Gasteiger partial charge in [-0.2, -0.15) is 4.31 Å². The molecule has 0 bridgehead atoms. The fourth-order valence-electron chi connectivity index (χ4n) is 2.12. The second-order valence-corrected chi connectivity index (χ2v) is 7.48. The summed E-state index contributed by atoms with van der Waals surface area (Å²) < 4.78 is 26.4. The fraction of sp³-hybridized carbons (Fsp3) is 0.250. The van der Waals surface area contributed by atoms with E-state index in [1.807, 2.05) is 13.8 Å². The number of nitro groups is 1. The van der Waals surface area contributed by atoms with Crippen molar-refractivity contribution >= 4 is 15.7 Å². The second kappa shape index (κ2) is 6.47. The van der Waals surface area contributed by atoms with Gasteiger partial charge in [0.15, 0.2) is 0 Å².